The number of carbonyl (C=O) groups excluding carboxylic acids is 1. The monoisotopic (exact) mass is 352 g/mol. The summed E-state index contributed by atoms with van der Waals surface area (Å²) < 4.78 is 2.81. The van der Waals surface area contributed by atoms with Crippen LogP contribution in [0.5, 0.6) is 0 Å². The van der Waals surface area contributed by atoms with E-state index < -0.39 is 15.2 Å². The van der Waals surface area contributed by atoms with Gasteiger partial charge in [-0.3, -0.25) is 0 Å². The Kier molecular flexibility index (Phi) is 5.57. The van der Waals surface area contributed by atoms with Crippen molar-refractivity contribution in [3.63, 3.8) is 0 Å². The first-order valence-electron chi connectivity index (χ1n) is 4.12. The Morgan fingerprint density at radius 2 is 1.94 bits per heavy atom. The average Bonchev–Trinajstić information content (AvgIpc) is 2.15. The van der Waals surface area contributed by atoms with Crippen LogP contribution in [0, 0.1) is 0 Å². The number of benzene rings is 1. The number of halogens is 5. The number of alkyl halides is 3. The summed E-state index contributed by atoms with van der Waals surface area (Å²) in [5, 5.41) is 0.700. The number of esters is 1. The highest BCUT2D eigenvalue weighted by Gasteiger charge is 2.33. The zero-order valence-electron chi connectivity index (χ0n) is 7.96. The summed E-state index contributed by atoms with van der Waals surface area (Å²) in [6, 6.07) is 4.55. The largest absolute Gasteiger partial charge is 0.438 e. The number of ether oxygens (including phenoxy) is 1. The highest BCUT2D eigenvalue weighted by molar-refractivity contribution is 7.86. The van der Waals surface area contributed by atoms with E-state index in [1.807, 2.05) is 0 Å². The second kappa shape index (κ2) is 6.09. The molecule has 0 saturated carbocycles. The van der Waals surface area contributed by atoms with Crippen LogP contribution >= 0.6 is 70.6 Å². The first-order chi connectivity index (χ1) is 7.71. The maximum atomic E-state index is 11.3. The predicted molar refractivity (Wildman–Crippen MR) is 74.6 cm³/mol. The van der Waals surface area contributed by atoms with Gasteiger partial charge in [0.25, 0.3) is 3.67 Å². The molecule has 0 aliphatic rings. The fourth-order valence-corrected chi connectivity index (χ4v) is 1.89. The van der Waals surface area contributed by atoms with Crippen molar-refractivity contribution in [3.8, 4) is 0 Å². The Hall–Kier alpha value is 0.490. The van der Waals surface area contributed by atoms with Crippen LogP contribution < -0.4 is 0 Å². The molecule has 0 heterocycles. The summed E-state index contributed by atoms with van der Waals surface area (Å²) in [7, 11) is 0. The Bertz CT molecular complexity index is 432. The van der Waals surface area contributed by atoms with Crippen LogP contribution in [0.3, 0.4) is 0 Å². The van der Waals surface area contributed by atoms with Crippen LogP contribution in [-0.4, -0.2) is 9.63 Å². The quantitative estimate of drug-likeness (QED) is 0.478. The molecule has 94 valence electrons. The molecule has 0 aliphatic heterocycles. The molecule has 17 heavy (non-hydrogen) atoms. The minimum atomic E-state index is -1.97. The Labute approximate surface area is 128 Å². The number of hydrogen-bond donors (Lipinski definition) is 1. The van der Waals surface area contributed by atoms with E-state index in [4.69, 9.17) is 62.7 Å². The van der Waals surface area contributed by atoms with Gasteiger partial charge in [-0.2, -0.15) is 0 Å². The number of carbonyl (C=O) groups is 1. The molecular weight excluding hydrogens is 349 g/mol. The van der Waals surface area contributed by atoms with E-state index in [0.717, 1.165) is 0 Å². The van der Waals surface area contributed by atoms with Crippen molar-refractivity contribution in [2.75, 3.05) is 0 Å². The zero-order valence-corrected chi connectivity index (χ0v) is 12.6. The normalized spacial score (nSPS) is 13.3. The molecule has 0 spiro atoms. The van der Waals surface area contributed by atoms with Gasteiger partial charge < -0.3 is 4.74 Å². The zero-order chi connectivity index (χ0) is 13.2. The SMILES string of the molecule is O=C(OC(Cl)c1ccc(Cl)cc1Cl)C(S)(Cl)Cl. The fraction of sp³-hybridized carbons (Fsp3) is 0.222. The van der Waals surface area contributed by atoms with Crippen LogP contribution in [0.1, 0.15) is 11.1 Å². The summed E-state index contributed by atoms with van der Waals surface area (Å²) >= 11 is 31.9. The lowest BCUT2D eigenvalue weighted by Gasteiger charge is -2.16. The molecule has 1 rings (SSSR count). The lowest BCUT2D eigenvalue weighted by atomic mass is 10.2. The molecule has 0 aromatic heterocycles. The van der Waals surface area contributed by atoms with Gasteiger partial charge in [0.2, 0.25) is 5.56 Å². The lowest BCUT2D eigenvalue weighted by Crippen LogP contribution is -2.22. The third-order valence-corrected chi connectivity index (χ3v) is 3.04. The highest BCUT2D eigenvalue weighted by Crippen LogP contribution is 2.34. The second-order valence-electron chi connectivity index (χ2n) is 2.93. The molecule has 1 atom stereocenters. The first kappa shape index (κ1) is 15.5. The minimum absolute atomic E-state index is 0.263. The first-order valence-corrected chi connectivity index (χ1v) is 6.51. The Balaban J connectivity index is 2.84. The van der Waals surface area contributed by atoms with Crippen molar-refractivity contribution in [1.29, 1.82) is 0 Å². The van der Waals surface area contributed by atoms with Crippen LogP contribution in [0.15, 0.2) is 18.2 Å². The van der Waals surface area contributed by atoms with Gasteiger partial charge >= 0.3 is 5.97 Å². The van der Waals surface area contributed by atoms with Gasteiger partial charge in [0.05, 0.1) is 5.02 Å². The second-order valence-corrected chi connectivity index (χ2v) is 6.69. The van der Waals surface area contributed by atoms with E-state index in [1.165, 1.54) is 12.1 Å². The summed E-state index contributed by atoms with van der Waals surface area (Å²) in [5.74, 6) is -0.991. The van der Waals surface area contributed by atoms with E-state index in [0.29, 0.717) is 10.6 Å². The molecule has 2 nitrogen and oxygen atoms in total. The maximum Gasteiger partial charge on any atom is 0.354 e. The molecule has 0 saturated heterocycles. The van der Waals surface area contributed by atoms with Gasteiger partial charge in [0.15, 0.2) is 0 Å². The molecule has 0 N–H and O–H groups in total. The van der Waals surface area contributed by atoms with Crippen molar-refractivity contribution in [2.45, 2.75) is 9.23 Å². The number of rotatable bonds is 3. The van der Waals surface area contributed by atoms with E-state index in [9.17, 15) is 4.79 Å². The standard InChI is InChI=1S/C9H5Cl5O2S/c10-4-1-2-5(6(11)3-4)7(12)16-8(15)9(13,14)17/h1-3,7,17H. The molecule has 1 aromatic carbocycles. The minimum Gasteiger partial charge on any atom is -0.438 e. The highest BCUT2D eigenvalue weighted by atomic mass is 35.5. The van der Waals surface area contributed by atoms with E-state index in [2.05, 4.69) is 12.6 Å². The van der Waals surface area contributed by atoms with Crippen molar-refractivity contribution in [2.24, 2.45) is 0 Å². The summed E-state index contributed by atoms with van der Waals surface area (Å²) in [6.45, 7) is 0. The molecule has 0 fully saturated rings. The van der Waals surface area contributed by atoms with Crippen molar-refractivity contribution in [3.05, 3.63) is 33.8 Å². The summed E-state index contributed by atoms with van der Waals surface area (Å²) in [6.07, 6.45) is 0. The number of thiol groups is 1. The Morgan fingerprint density at radius 1 is 1.35 bits per heavy atom. The van der Waals surface area contributed by atoms with E-state index in [1.54, 1.807) is 6.07 Å². The van der Waals surface area contributed by atoms with Crippen LogP contribution in [0.25, 0.3) is 0 Å². The molecule has 0 aliphatic carbocycles. The summed E-state index contributed by atoms with van der Waals surface area (Å²) in [5.41, 5.74) is -0.756. The van der Waals surface area contributed by atoms with Gasteiger partial charge in [-0.15, -0.1) is 12.6 Å². The lowest BCUT2D eigenvalue weighted by molar-refractivity contribution is -0.144. The van der Waals surface area contributed by atoms with Gasteiger partial charge in [-0.1, -0.05) is 64.1 Å². The van der Waals surface area contributed by atoms with Crippen LogP contribution in [0.4, 0.5) is 0 Å². The van der Waals surface area contributed by atoms with Gasteiger partial charge in [0.1, 0.15) is 0 Å². The van der Waals surface area contributed by atoms with Gasteiger partial charge in [0, 0.05) is 10.6 Å². The fourth-order valence-electron chi connectivity index (χ4n) is 0.914. The molecule has 8 heteroatoms. The van der Waals surface area contributed by atoms with Crippen LogP contribution in [-0.2, 0) is 9.53 Å². The molecular formula is C9H5Cl5O2S. The predicted octanol–water partition coefficient (Wildman–Crippen LogP) is 4.84. The van der Waals surface area contributed by atoms with Crippen molar-refractivity contribution < 1.29 is 9.53 Å². The van der Waals surface area contributed by atoms with Crippen molar-refractivity contribution >= 4 is 76.6 Å². The van der Waals surface area contributed by atoms with Crippen LogP contribution in [0.2, 0.25) is 10.0 Å². The molecule has 0 amide bonds. The maximum absolute atomic E-state index is 11.3. The summed E-state index contributed by atoms with van der Waals surface area (Å²) in [4.78, 5) is 11.3. The molecule has 0 radical (unpaired) electrons. The number of hydrogen-bond acceptors (Lipinski definition) is 3. The topological polar surface area (TPSA) is 26.3 Å². The van der Waals surface area contributed by atoms with Gasteiger partial charge in [-0.25, -0.2) is 4.79 Å². The smallest absolute Gasteiger partial charge is 0.354 e. The molecule has 1 unspecified atom stereocenters. The molecule has 0 bridgehead atoms. The van der Waals surface area contributed by atoms with Crippen molar-refractivity contribution in [1.82, 2.24) is 0 Å². The van der Waals surface area contributed by atoms with E-state index in [-0.39, 0.29) is 5.02 Å². The average molecular weight is 354 g/mol. The van der Waals surface area contributed by atoms with E-state index >= 15 is 0 Å². The Morgan fingerprint density at radius 3 is 2.41 bits per heavy atom. The third-order valence-electron chi connectivity index (χ3n) is 1.66. The molecule has 1 aromatic rings. The third kappa shape index (κ3) is 4.58. The van der Waals surface area contributed by atoms with Gasteiger partial charge in [-0.05, 0) is 12.1 Å².